The van der Waals surface area contributed by atoms with Crippen LogP contribution in [0.25, 0.3) is 0 Å². The molecule has 1 amide bonds. The number of nitrogens with one attached hydrogen (secondary N) is 1. The maximum Gasteiger partial charge on any atom is 0.271 e. The predicted octanol–water partition coefficient (Wildman–Crippen LogP) is 1.76. The molecule has 5 nitrogen and oxygen atoms in total. The first kappa shape index (κ1) is 12.8. The van der Waals surface area contributed by atoms with E-state index in [1.807, 2.05) is 0 Å². The van der Waals surface area contributed by atoms with E-state index in [4.69, 9.17) is 5.73 Å². The second-order valence-corrected chi connectivity index (χ2v) is 4.94. The van der Waals surface area contributed by atoms with E-state index >= 15 is 0 Å². The molecule has 2 atom stereocenters. The van der Waals surface area contributed by atoms with Crippen LogP contribution in [0.3, 0.4) is 0 Å². The molecule has 0 aromatic carbocycles. The maximum atomic E-state index is 12.0. The number of carbonyl (C=O) groups is 1. The number of nitrogens with zero attached hydrogens (tertiary/aromatic N) is 2. The lowest BCUT2D eigenvalue weighted by Gasteiger charge is -2.28. The van der Waals surface area contributed by atoms with E-state index in [9.17, 15) is 4.79 Å². The average molecular weight is 248 g/mol. The largest absolute Gasteiger partial charge is 0.382 e. The molecule has 3 N–H and O–H groups in total. The van der Waals surface area contributed by atoms with Gasteiger partial charge in [-0.2, -0.15) is 0 Å². The predicted molar refractivity (Wildman–Crippen MR) is 69.9 cm³/mol. The molecule has 1 aromatic heterocycles. The van der Waals surface area contributed by atoms with Crippen LogP contribution >= 0.6 is 0 Å². The van der Waals surface area contributed by atoms with E-state index in [-0.39, 0.29) is 11.9 Å². The number of amides is 1. The van der Waals surface area contributed by atoms with Crippen molar-refractivity contribution >= 4 is 11.7 Å². The van der Waals surface area contributed by atoms with Gasteiger partial charge in [0.25, 0.3) is 5.91 Å². The fourth-order valence-electron chi connectivity index (χ4n) is 2.51. The minimum Gasteiger partial charge on any atom is -0.382 e. The summed E-state index contributed by atoms with van der Waals surface area (Å²) < 4.78 is 0. The van der Waals surface area contributed by atoms with Gasteiger partial charge in [-0.3, -0.25) is 4.79 Å². The Morgan fingerprint density at radius 3 is 2.94 bits per heavy atom. The summed E-state index contributed by atoms with van der Waals surface area (Å²) in [6, 6.07) is 0.274. The number of aromatic nitrogens is 2. The molecular formula is C13H20N4O. The van der Waals surface area contributed by atoms with Crippen molar-refractivity contribution < 1.29 is 4.79 Å². The lowest BCUT2D eigenvalue weighted by Crippen LogP contribution is -2.38. The Morgan fingerprint density at radius 1 is 1.44 bits per heavy atom. The van der Waals surface area contributed by atoms with Gasteiger partial charge in [0.15, 0.2) is 0 Å². The number of hydrogen-bond donors (Lipinski definition) is 2. The molecule has 0 saturated heterocycles. The molecule has 0 aliphatic heterocycles. The number of rotatable bonds is 3. The van der Waals surface area contributed by atoms with Crippen LogP contribution < -0.4 is 11.1 Å². The van der Waals surface area contributed by atoms with Crippen LogP contribution in [0.1, 0.15) is 49.5 Å². The van der Waals surface area contributed by atoms with Gasteiger partial charge >= 0.3 is 0 Å². The summed E-state index contributed by atoms with van der Waals surface area (Å²) in [5, 5.41) is 3.04. The van der Waals surface area contributed by atoms with Gasteiger partial charge in [-0.05, 0) is 18.8 Å². The third-order valence-electron chi connectivity index (χ3n) is 3.60. The second kappa shape index (κ2) is 5.80. The van der Waals surface area contributed by atoms with Crippen molar-refractivity contribution in [2.24, 2.45) is 5.92 Å². The molecule has 5 heteroatoms. The fourth-order valence-corrected chi connectivity index (χ4v) is 2.51. The van der Waals surface area contributed by atoms with E-state index in [0.717, 1.165) is 18.8 Å². The second-order valence-electron chi connectivity index (χ2n) is 4.94. The van der Waals surface area contributed by atoms with Crippen LogP contribution in [-0.2, 0) is 0 Å². The number of nitrogens with two attached hydrogens (primary N) is 1. The van der Waals surface area contributed by atoms with Gasteiger partial charge in [-0.15, -0.1) is 0 Å². The molecule has 1 aliphatic rings. The van der Waals surface area contributed by atoms with Gasteiger partial charge in [0, 0.05) is 6.04 Å². The zero-order chi connectivity index (χ0) is 13.0. The summed E-state index contributed by atoms with van der Waals surface area (Å²) in [6.45, 7) is 2.21. The molecule has 0 bridgehead atoms. The Bertz CT molecular complexity index is 404. The number of hydrogen-bond acceptors (Lipinski definition) is 4. The van der Waals surface area contributed by atoms with E-state index in [0.29, 0.717) is 11.5 Å². The molecule has 1 fully saturated rings. The van der Waals surface area contributed by atoms with Crippen molar-refractivity contribution in [2.45, 2.75) is 45.1 Å². The van der Waals surface area contributed by atoms with E-state index < -0.39 is 0 Å². The summed E-state index contributed by atoms with van der Waals surface area (Å²) in [6.07, 6.45) is 8.63. The van der Waals surface area contributed by atoms with Crippen LogP contribution in [0.4, 0.5) is 5.82 Å². The van der Waals surface area contributed by atoms with Crippen molar-refractivity contribution in [2.75, 3.05) is 5.73 Å². The smallest absolute Gasteiger partial charge is 0.271 e. The molecule has 0 radical (unpaired) electrons. The summed E-state index contributed by atoms with van der Waals surface area (Å²) in [4.78, 5) is 19.8. The highest BCUT2D eigenvalue weighted by Gasteiger charge is 2.22. The highest BCUT2D eigenvalue weighted by Crippen LogP contribution is 2.26. The van der Waals surface area contributed by atoms with E-state index in [1.54, 1.807) is 0 Å². The van der Waals surface area contributed by atoms with Crippen LogP contribution in [-0.4, -0.2) is 21.9 Å². The first-order valence-corrected chi connectivity index (χ1v) is 6.57. The number of anilines is 1. The normalized spacial score (nSPS) is 23.6. The molecule has 2 rings (SSSR count). The van der Waals surface area contributed by atoms with Gasteiger partial charge in [-0.25, -0.2) is 9.97 Å². The molecule has 1 aromatic rings. The first-order valence-electron chi connectivity index (χ1n) is 6.57. The fraction of sp³-hybridized carbons (Fsp3) is 0.615. The first-order chi connectivity index (χ1) is 8.69. The Kier molecular flexibility index (Phi) is 4.12. The maximum absolute atomic E-state index is 12.0. The Balaban J connectivity index is 1.92. The van der Waals surface area contributed by atoms with E-state index in [1.165, 1.54) is 31.7 Å². The van der Waals surface area contributed by atoms with Crippen LogP contribution in [0.5, 0.6) is 0 Å². The zero-order valence-corrected chi connectivity index (χ0v) is 10.7. The van der Waals surface area contributed by atoms with Crippen molar-refractivity contribution in [3.8, 4) is 0 Å². The summed E-state index contributed by atoms with van der Waals surface area (Å²) in [5.74, 6) is 0.918. The lowest BCUT2D eigenvalue weighted by atomic mass is 9.84. The van der Waals surface area contributed by atoms with Crippen LogP contribution in [0.2, 0.25) is 0 Å². The minimum absolute atomic E-state index is 0.149. The van der Waals surface area contributed by atoms with Gasteiger partial charge in [0.05, 0.1) is 12.4 Å². The van der Waals surface area contributed by atoms with Gasteiger partial charge in [0.1, 0.15) is 11.5 Å². The summed E-state index contributed by atoms with van der Waals surface area (Å²) >= 11 is 0. The van der Waals surface area contributed by atoms with Crippen LogP contribution in [0.15, 0.2) is 12.4 Å². The Morgan fingerprint density at radius 2 is 2.28 bits per heavy atom. The minimum atomic E-state index is -0.149. The lowest BCUT2D eigenvalue weighted by molar-refractivity contribution is 0.0913. The molecule has 2 unspecified atom stereocenters. The monoisotopic (exact) mass is 248 g/mol. The van der Waals surface area contributed by atoms with Gasteiger partial charge in [0.2, 0.25) is 0 Å². The highest BCUT2D eigenvalue weighted by molar-refractivity contribution is 5.92. The molecular weight excluding hydrogens is 228 g/mol. The molecule has 18 heavy (non-hydrogen) atoms. The van der Waals surface area contributed by atoms with Crippen molar-refractivity contribution in [1.29, 1.82) is 0 Å². The molecule has 1 heterocycles. The van der Waals surface area contributed by atoms with Crippen molar-refractivity contribution in [1.82, 2.24) is 15.3 Å². The summed E-state index contributed by atoms with van der Waals surface area (Å²) in [5.41, 5.74) is 5.78. The average Bonchev–Trinajstić information content (AvgIpc) is 2.39. The van der Waals surface area contributed by atoms with Gasteiger partial charge < -0.3 is 11.1 Å². The molecule has 0 spiro atoms. The summed E-state index contributed by atoms with van der Waals surface area (Å²) in [7, 11) is 0. The topological polar surface area (TPSA) is 80.9 Å². The molecule has 1 aliphatic carbocycles. The Labute approximate surface area is 107 Å². The Hall–Kier alpha value is -1.65. The van der Waals surface area contributed by atoms with Crippen molar-refractivity contribution in [3.63, 3.8) is 0 Å². The van der Waals surface area contributed by atoms with Gasteiger partial charge in [-0.1, -0.05) is 26.2 Å². The molecule has 1 saturated carbocycles. The number of carbonyl (C=O) groups excluding carboxylic acids is 1. The SMILES string of the molecule is CCC1CCCC(NC(=O)c2cnc(N)cn2)C1. The van der Waals surface area contributed by atoms with Crippen LogP contribution in [0, 0.1) is 5.92 Å². The highest BCUT2D eigenvalue weighted by atomic mass is 16.1. The molecule has 98 valence electrons. The van der Waals surface area contributed by atoms with Crippen molar-refractivity contribution in [3.05, 3.63) is 18.1 Å². The quantitative estimate of drug-likeness (QED) is 0.854. The standard InChI is InChI=1S/C13H20N4O/c1-2-9-4-3-5-10(6-9)17-13(18)11-7-16-12(14)8-15-11/h7-10H,2-6H2,1H3,(H2,14,16)(H,17,18). The zero-order valence-electron chi connectivity index (χ0n) is 10.7. The third-order valence-corrected chi connectivity index (χ3v) is 3.60. The third kappa shape index (κ3) is 3.18. The van der Waals surface area contributed by atoms with E-state index in [2.05, 4.69) is 22.2 Å². The number of nitrogen functional groups attached to an aromatic ring is 1.